The van der Waals surface area contributed by atoms with Gasteiger partial charge in [-0.15, -0.1) is 0 Å². The maximum Gasteiger partial charge on any atom is 0.308 e. The van der Waals surface area contributed by atoms with Gasteiger partial charge in [0.2, 0.25) is 0 Å². The van der Waals surface area contributed by atoms with Crippen LogP contribution >= 0.6 is 15.9 Å². The summed E-state index contributed by atoms with van der Waals surface area (Å²) in [5.41, 5.74) is 3.14. The summed E-state index contributed by atoms with van der Waals surface area (Å²) in [7, 11) is 0. The molecule has 0 heterocycles. The Bertz CT molecular complexity index is 586. The van der Waals surface area contributed by atoms with E-state index >= 15 is 0 Å². The molecule has 2 rings (SSSR count). The molecule has 96 valence electrons. The lowest BCUT2D eigenvalue weighted by molar-refractivity contribution is -0.134. The van der Waals surface area contributed by atoms with Crippen molar-refractivity contribution >= 4 is 27.7 Å². The first kappa shape index (κ1) is 13.6. The summed E-state index contributed by atoms with van der Waals surface area (Å²) < 4.78 is 5.11. The summed E-state index contributed by atoms with van der Waals surface area (Å²) in [5.74, 6) is 0.171. The number of carbonyl (C=O) groups excluding carboxylic acids is 1. The van der Waals surface area contributed by atoms with Crippen molar-refractivity contribution in [3.63, 3.8) is 0 Å². The zero-order chi connectivity index (χ0) is 13.7. The molecule has 3 heteroatoms. The van der Waals surface area contributed by atoms with Crippen LogP contribution in [0.2, 0.25) is 0 Å². The molecule has 19 heavy (non-hydrogen) atoms. The highest BCUT2D eigenvalue weighted by Crippen LogP contribution is 2.23. The topological polar surface area (TPSA) is 26.3 Å². The van der Waals surface area contributed by atoms with E-state index in [2.05, 4.69) is 28.1 Å². The van der Waals surface area contributed by atoms with Crippen molar-refractivity contribution in [1.29, 1.82) is 0 Å². The summed E-state index contributed by atoms with van der Waals surface area (Å²) in [6, 6.07) is 18.0. The molecule has 0 atom stereocenters. The molecule has 2 aromatic carbocycles. The molecule has 0 spiro atoms. The van der Waals surface area contributed by atoms with Crippen molar-refractivity contribution in [2.45, 2.75) is 6.92 Å². The van der Waals surface area contributed by atoms with Crippen molar-refractivity contribution in [3.8, 4) is 11.1 Å². The predicted octanol–water partition coefficient (Wildman–Crippen LogP) is 4.61. The van der Waals surface area contributed by atoms with Crippen molar-refractivity contribution in [2.24, 2.45) is 0 Å². The molecular formula is C16H13BrO2. The normalized spacial score (nSPS) is 11.2. The van der Waals surface area contributed by atoms with Crippen LogP contribution in [0.5, 0.6) is 0 Å². The number of hydrogen-bond donors (Lipinski definition) is 0. The third-order valence-electron chi connectivity index (χ3n) is 2.63. The fourth-order valence-electron chi connectivity index (χ4n) is 1.76. The Balaban J connectivity index is 2.26. The van der Waals surface area contributed by atoms with Gasteiger partial charge in [0.05, 0.1) is 0 Å². The summed E-state index contributed by atoms with van der Waals surface area (Å²) in [6.45, 7) is 1.38. The van der Waals surface area contributed by atoms with E-state index in [1.807, 2.05) is 42.5 Å². The number of rotatable bonds is 3. The minimum Gasteiger partial charge on any atom is -0.426 e. The Labute approximate surface area is 120 Å². The SMILES string of the molecule is CC(=O)O/C(=C\Br)c1ccc(-c2ccccc2)cc1. The van der Waals surface area contributed by atoms with E-state index in [0.717, 1.165) is 16.7 Å². The first-order valence-electron chi connectivity index (χ1n) is 5.85. The van der Waals surface area contributed by atoms with Crippen LogP contribution in [0.25, 0.3) is 16.9 Å². The van der Waals surface area contributed by atoms with Gasteiger partial charge in [-0.2, -0.15) is 0 Å². The van der Waals surface area contributed by atoms with Crippen LogP contribution in [0.15, 0.2) is 59.6 Å². The van der Waals surface area contributed by atoms with Crippen LogP contribution in [0.3, 0.4) is 0 Å². The molecule has 0 radical (unpaired) electrons. The largest absolute Gasteiger partial charge is 0.426 e. The average molecular weight is 317 g/mol. The van der Waals surface area contributed by atoms with Gasteiger partial charge >= 0.3 is 5.97 Å². The molecule has 0 aliphatic carbocycles. The van der Waals surface area contributed by atoms with E-state index in [0.29, 0.717) is 5.76 Å². The van der Waals surface area contributed by atoms with Gasteiger partial charge in [-0.05, 0) is 11.1 Å². The molecule has 2 nitrogen and oxygen atoms in total. The zero-order valence-corrected chi connectivity index (χ0v) is 12.1. The molecule has 0 saturated carbocycles. The number of benzene rings is 2. The Hall–Kier alpha value is -1.87. The molecule has 0 aliphatic heterocycles. The van der Waals surface area contributed by atoms with E-state index in [-0.39, 0.29) is 5.97 Å². The highest BCUT2D eigenvalue weighted by Gasteiger charge is 2.05. The van der Waals surface area contributed by atoms with Gasteiger partial charge in [-0.25, -0.2) is 0 Å². The predicted molar refractivity (Wildman–Crippen MR) is 80.5 cm³/mol. The third kappa shape index (κ3) is 3.55. The maximum absolute atomic E-state index is 11.0. The Morgan fingerprint density at radius 2 is 1.58 bits per heavy atom. The van der Waals surface area contributed by atoms with Gasteiger partial charge in [0.25, 0.3) is 0 Å². The third-order valence-corrected chi connectivity index (χ3v) is 3.05. The van der Waals surface area contributed by atoms with E-state index < -0.39 is 0 Å². The quantitative estimate of drug-likeness (QED) is 0.610. The van der Waals surface area contributed by atoms with Gasteiger partial charge < -0.3 is 4.74 Å². The average Bonchev–Trinajstić information content (AvgIpc) is 2.46. The minimum absolute atomic E-state index is 0.335. The smallest absolute Gasteiger partial charge is 0.308 e. The molecule has 0 amide bonds. The number of esters is 1. The van der Waals surface area contributed by atoms with Crippen LogP contribution < -0.4 is 0 Å². The van der Waals surface area contributed by atoms with Gasteiger partial charge in [-0.3, -0.25) is 4.79 Å². The van der Waals surface area contributed by atoms with Crippen LogP contribution in [-0.4, -0.2) is 5.97 Å². The highest BCUT2D eigenvalue weighted by atomic mass is 79.9. The number of carbonyl (C=O) groups is 1. The van der Waals surface area contributed by atoms with Crippen LogP contribution in [0, 0.1) is 0 Å². The van der Waals surface area contributed by atoms with Crippen molar-refractivity contribution < 1.29 is 9.53 Å². The van der Waals surface area contributed by atoms with Crippen molar-refractivity contribution in [3.05, 3.63) is 65.1 Å². The van der Waals surface area contributed by atoms with Gasteiger partial charge in [0.1, 0.15) is 5.76 Å². The highest BCUT2D eigenvalue weighted by molar-refractivity contribution is 9.11. The van der Waals surface area contributed by atoms with Gasteiger partial charge in [-0.1, -0.05) is 70.5 Å². The molecule has 0 unspecified atom stereocenters. The van der Waals surface area contributed by atoms with E-state index in [4.69, 9.17) is 4.74 Å². The van der Waals surface area contributed by atoms with Crippen LogP contribution in [-0.2, 0) is 9.53 Å². The van der Waals surface area contributed by atoms with E-state index in [9.17, 15) is 4.79 Å². The molecular weight excluding hydrogens is 304 g/mol. The van der Waals surface area contributed by atoms with Crippen LogP contribution in [0.1, 0.15) is 12.5 Å². The van der Waals surface area contributed by atoms with Gasteiger partial charge in [0, 0.05) is 17.5 Å². The number of hydrogen-bond acceptors (Lipinski definition) is 2. The fraction of sp³-hybridized carbons (Fsp3) is 0.0625. The first-order valence-corrected chi connectivity index (χ1v) is 6.77. The molecule has 0 aliphatic rings. The second-order valence-corrected chi connectivity index (χ2v) is 4.47. The second kappa shape index (κ2) is 6.34. The standard InChI is InChI=1S/C16H13BrO2/c1-12(18)19-16(11-17)15-9-7-14(8-10-15)13-5-3-2-4-6-13/h2-11H,1H3/b16-11-. The molecule has 2 aromatic rings. The number of halogens is 1. The number of ether oxygens (including phenoxy) is 1. The lowest BCUT2D eigenvalue weighted by Gasteiger charge is -2.07. The van der Waals surface area contributed by atoms with Crippen molar-refractivity contribution in [1.82, 2.24) is 0 Å². The summed E-state index contributed by atoms with van der Waals surface area (Å²) in [5, 5.41) is 0. The Kier molecular flexibility index (Phi) is 4.53. The lowest BCUT2D eigenvalue weighted by Crippen LogP contribution is -1.97. The van der Waals surface area contributed by atoms with Gasteiger partial charge in [0.15, 0.2) is 0 Å². The second-order valence-electron chi connectivity index (χ2n) is 4.01. The Morgan fingerprint density at radius 1 is 1.00 bits per heavy atom. The molecule has 0 saturated heterocycles. The Morgan fingerprint density at radius 3 is 2.11 bits per heavy atom. The monoisotopic (exact) mass is 316 g/mol. The van der Waals surface area contributed by atoms with E-state index in [1.54, 1.807) is 4.99 Å². The molecule has 0 fully saturated rings. The van der Waals surface area contributed by atoms with E-state index in [1.165, 1.54) is 6.92 Å². The van der Waals surface area contributed by atoms with Crippen molar-refractivity contribution in [2.75, 3.05) is 0 Å². The molecule has 0 N–H and O–H groups in total. The first-order chi connectivity index (χ1) is 9.20. The minimum atomic E-state index is -0.335. The van der Waals surface area contributed by atoms with Crippen LogP contribution in [0.4, 0.5) is 0 Å². The molecule has 0 bridgehead atoms. The fourth-order valence-corrected chi connectivity index (χ4v) is 2.11. The summed E-state index contributed by atoms with van der Waals surface area (Å²) in [4.78, 5) is 12.6. The maximum atomic E-state index is 11.0. The summed E-state index contributed by atoms with van der Waals surface area (Å²) in [6.07, 6.45) is 0. The molecule has 0 aromatic heterocycles. The lowest BCUT2D eigenvalue weighted by atomic mass is 10.0. The zero-order valence-electron chi connectivity index (χ0n) is 10.5. The summed E-state index contributed by atoms with van der Waals surface area (Å²) >= 11 is 3.21.